The number of benzene rings is 1. The van der Waals surface area contributed by atoms with Crippen LogP contribution in [0.5, 0.6) is 17.4 Å². The predicted molar refractivity (Wildman–Crippen MR) is 114 cm³/mol. The first-order chi connectivity index (χ1) is 14.7. The Kier molecular flexibility index (Phi) is 9.54. The number of hydrogen-bond donors (Lipinski definition) is 2. The van der Waals surface area contributed by atoms with Crippen LogP contribution in [0.1, 0.15) is 40.5 Å². The van der Waals surface area contributed by atoms with Gasteiger partial charge < -0.3 is 5.11 Å². The summed E-state index contributed by atoms with van der Waals surface area (Å²) in [6.45, 7) is 7.97. The van der Waals surface area contributed by atoms with Crippen molar-refractivity contribution in [2.75, 3.05) is 11.0 Å². The quantitative estimate of drug-likeness (QED) is 0.325. The minimum absolute atomic E-state index is 0.00716. The second kappa shape index (κ2) is 11.9. The molecule has 170 valence electrons. The van der Waals surface area contributed by atoms with Gasteiger partial charge in [-0.05, 0) is 18.3 Å². The van der Waals surface area contributed by atoms with E-state index in [1.165, 1.54) is 3.57 Å². The third-order valence-corrected chi connectivity index (χ3v) is 6.48. The Morgan fingerprint density at radius 1 is 1.19 bits per heavy atom. The van der Waals surface area contributed by atoms with Crippen molar-refractivity contribution in [2.45, 2.75) is 46.6 Å². The Bertz CT molecular complexity index is 865. The molecule has 1 atom stereocenters. The van der Waals surface area contributed by atoms with Crippen LogP contribution in [-0.2, 0) is 9.59 Å². The van der Waals surface area contributed by atoms with Crippen LogP contribution < -0.4 is 36.0 Å². The van der Waals surface area contributed by atoms with Gasteiger partial charge in [0.1, 0.15) is 6.04 Å². The van der Waals surface area contributed by atoms with Crippen molar-refractivity contribution in [3.05, 3.63) is 46.2 Å². The van der Waals surface area contributed by atoms with Crippen molar-refractivity contribution in [1.82, 2.24) is 10.3 Å². The predicted octanol–water partition coefficient (Wildman–Crippen LogP) is 0.927. The third kappa shape index (κ3) is 9.54. The number of hydrogen-bond acceptors (Lipinski definition) is 5. The number of halogens is 1. The minimum atomic E-state index is -1.05. The summed E-state index contributed by atoms with van der Waals surface area (Å²) in [5, 5.41) is 11.9. The molecule has 1 aromatic carbocycles. The Labute approximate surface area is 193 Å². The number of alkyl halides is 1. The number of pyridine rings is 1. The van der Waals surface area contributed by atoms with Crippen molar-refractivity contribution in [2.24, 2.45) is 5.41 Å². The molecule has 0 saturated heterocycles. The summed E-state index contributed by atoms with van der Waals surface area (Å²) in [6, 6.07) is 9.83. The Morgan fingerprint density at radius 3 is 2.55 bits per heavy atom. The van der Waals surface area contributed by atoms with Crippen LogP contribution in [0.15, 0.2) is 42.6 Å². The van der Waals surface area contributed by atoms with Gasteiger partial charge in [-0.2, -0.15) is 0 Å². The van der Waals surface area contributed by atoms with Gasteiger partial charge in [0.2, 0.25) is 0 Å². The zero-order valence-corrected chi connectivity index (χ0v) is 20.5. The summed E-state index contributed by atoms with van der Waals surface area (Å²) in [7, 11) is 0. The van der Waals surface area contributed by atoms with Crippen LogP contribution >= 0.6 is 0 Å². The molecular formula is C23H30IN2O5-. The zero-order valence-electron chi connectivity index (χ0n) is 18.4. The van der Waals surface area contributed by atoms with Gasteiger partial charge in [0.05, 0.1) is 0 Å². The van der Waals surface area contributed by atoms with Gasteiger partial charge in [0.25, 0.3) is 0 Å². The molecule has 1 heterocycles. The summed E-state index contributed by atoms with van der Waals surface area (Å²) in [4.78, 5) is 27.9. The second-order valence-corrected chi connectivity index (χ2v) is 11.7. The van der Waals surface area contributed by atoms with E-state index in [1.807, 2.05) is 39.1 Å². The van der Waals surface area contributed by atoms with E-state index in [1.54, 1.807) is 24.3 Å². The number of carboxylic acids is 1. The van der Waals surface area contributed by atoms with Gasteiger partial charge in [-0.3, -0.25) is 0 Å². The van der Waals surface area contributed by atoms with Gasteiger partial charge in [0.15, 0.2) is 0 Å². The average molecular weight is 541 g/mol. The fourth-order valence-electron chi connectivity index (χ4n) is 2.62. The number of aliphatic carboxylic acids is 1. The molecule has 0 aliphatic heterocycles. The van der Waals surface area contributed by atoms with Crippen molar-refractivity contribution in [3.63, 3.8) is 0 Å². The maximum atomic E-state index is 12.2. The van der Waals surface area contributed by atoms with Crippen LogP contribution in [0.2, 0.25) is 0 Å². The van der Waals surface area contributed by atoms with E-state index >= 15 is 0 Å². The van der Waals surface area contributed by atoms with Crippen LogP contribution in [0.25, 0.3) is 0 Å². The molecule has 0 aliphatic carbocycles. The molecule has 0 unspecified atom stereocenters. The van der Waals surface area contributed by atoms with Crippen LogP contribution in [0.3, 0.4) is 0 Å². The molecule has 0 aliphatic rings. The number of nitrogens with one attached hydrogen (secondary N) is 1. The number of nitrogens with zero attached hydrogens (tertiary/aromatic N) is 1. The standard InChI is InChI=1S/C23H30IN2O5/c1-5-24-16-9-10-21(25-14-16)31-18-8-6-7-17(13-18)30-15-20(27)26-19(22(28)29)11-12-23(2,3)4/h6-10,13-14,19H,5,11-12,15H2,1-4H3,(H,26,27)(H,28,29)/q-1/t19-/m0/s1. The van der Waals surface area contributed by atoms with Gasteiger partial charge in [-0.15, -0.1) is 0 Å². The molecule has 8 heteroatoms. The molecule has 0 fully saturated rings. The Balaban J connectivity index is 1.88. The van der Waals surface area contributed by atoms with E-state index in [9.17, 15) is 14.7 Å². The number of carboxylic acid groups (broad SMARTS) is 1. The van der Waals surface area contributed by atoms with E-state index in [2.05, 4.69) is 17.2 Å². The van der Waals surface area contributed by atoms with Crippen molar-refractivity contribution < 1.29 is 45.4 Å². The number of carbonyl (C=O) groups is 2. The number of amides is 1. The normalized spacial score (nSPS) is 12.3. The van der Waals surface area contributed by atoms with Crippen molar-refractivity contribution >= 4 is 11.9 Å². The van der Waals surface area contributed by atoms with Crippen molar-refractivity contribution in [1.29, 1.82) is 0 Å². The fraction of sp³-hybridized carbons (Fsp3) is 0.435. The van der Waals surface area contributed by atoms with Crippen LogP contribution in [-0.4, -0.2) is 39.0 Å². The Hall–Kier alpha value is -2.36. The van der Waals surface area contributed by atoms with E-state index in [0.29, 0.717) is 30.2 Å². The number of ether oxygens (including phenoxy) is 2. The molecular weight excluding hydrogens is 511 g/mol. The summed E-state index contributed by atoms with van der Waals surface area (Å²) in [6.07, 6.45) is 2.88. The molecule has 2 rings (SSSR count). The first-order valence-electron chi connectivity index (χ1n) is 10.1. The van der Waals surface area contributed by atoms with E-state index in [0.717, 1.165) is 4.43 Å². The summed E-state index contributed by atoms with van der Waals surface area (Å²) >= 11 is 0.00716. The van der Waals surface area contributed by atoms with Gasteiger partial charge in [0, 0.05) is 0 Å². The number of rotatable bonds is 11. The fourth-order valence-corrected chi connectivity index (χ4v) is 4.27. The molecule has 2 aromatic rings. The molecule has 0 spiro atoms. The average Bonchev–Trinajstić information content (AvgIpc) is 2.70. The molecule has 1 amide bonds. The molecule has 0 bridgehead atoms. The first-order valence-corrected chi connectivity index (χ1v) is 12.7. The van der Waals surface area contributed by atoms with Gasteiger partial charge in [-0.1, -0.05) is 20.8 Å². The van der Waals surface area contributed by atoms with Crippen LogP contribution in [0.4, 0.5) is 0 Å². The molecule has 2 N–H and O–H groups in total. The SMILES string of the molecule is CC[I-]c1ccc(Oc2cccc(OCC(=O)N[C@@H](CCC(C)(C)C)C(=O)O)c2)nc1. The summed E-state index contributed by atoms with van der Waals surface area (Å²) in [5.74, 6) is -0.0572. The van der Waals surface area contributed by atoms with E-state index < -0.39 is 17.9 Å². The third-order valence-electron chi connectivity index (χ3n) is 4.20. The van der Waals surface area contributed by atoms with E-state index in [-0.39, 0.29) is 33.2 Å². The summed E-state index contributed by atoms with van der Waals surface area (Å²) < 4.78 is 13.7. The molecule has 0 saturated carbocycles. The Morgan fingerprint density at radius 2 is 1.94 bits per heavy atom. The van der Waals surface area contributed by atoms with E-state index in [4.69, 9.17) is 9.47 Å². The monoisotopic (exact) mass is 541 g/mol. The van der Waals surface area contributed by atoms with Gasteiger partial charge >= 0.3 is 139 Å². The topological polar surface area (TPSA) is 97.8 Å². The van der Waals surface area contributed by atoms with Crippen molar-refractivity contribution in [3.8, 4) is 17.4 Å². The molecule has 0 radical (unpaired) electrons. The maximum absolute atomic E-state index is 12.2. The van der Waals surface area contributed by atoms with Crippen LogP contribution in [0, 0.1) is 8.99 Å². The summed E-state index contributed by atoms with van der Waals surface area (Å²) in [5.41, 5.74) is -0.0118. The zero-order chi connectivity index (χ0) is 22.9. The molecule has 7 nitrogen and oxygen atoms in total. The first kappa shape index (κ1) is 24.9. The number of aromatic nitrogens is 1. The molecule has 31 heavy (non-hydrogen) atoms. The second-order valence-electron chi connectivity index (χ2n) is 8.14. The van der Waals surface area contributed by atoms with Gasteiger partial charge in [-0.25, -0.2) is 4.79 Å². The molecule has 1 aromatic heterocycles. The number of carbonyl (C=O) groups excluding carboxylic acids is 1.